The Morgan fingerprint density at radius 1 is 1.43 bits per heavy atom. The predicted molar refractivity (Wildman–Crippen MR) is 79.0 cm³/mol. The number of likely N-dealkylation sites (tertiary alicyclic amines) is 1. The summed E-state index contributed by atoms with van der Waals surface area (Å²) >= 11 is 0. The lowest BCUT2D eigenvalue weighted by molar-refractivity contribution is 0.133. The van der Waals surface area contributed by atoms with Gasteiger partial charge in [0.15, 0.2) is 0 Å². The van der Waals surface area contributed by atoms with Crippen molar-refractivity contribution in [2.24, 2.45) is 5.92 Å². The number of hydrogen-bond donors (Lipinski definition) is 1. The predicted octanol–water partition coefficient (Wildman–Crippen LogP) is 2.23. The molecule has 118 valence electrons. The number of aliphatic hydroxyl groups excluding tert-OH is 1. The van der Waals surface area contributed by atoms with Gasteiger partial charge in [0, 0.05) is 20.2 Å². The fourth-order valence-corrected chi connectivity index (χ4v) is 2.96. The van der Waals surface area contributed by atoms with Gasteiger partial charge in [0.05, 0.1) is 25.4 Å². The number of hydrogen-bond acceptors (Lipinski definition) is 4. The maximum Gasteiger partial charge on any atom is 0.132 e. The Bertz CT molecular complexity index is 455. The summed E-state index contributed by atoms with van der Waals surface area (Å²) in [5.41, 5.74) is 0.257. The van der Waals surface area contributed by atoms with Crippen LogP contribution in [0.3, 0.4) is 0 Å². The number of benzene rings is 1. The van der Waals surface area contributed by atoms with Gasteiger partial charge in [-0.3, -0.25) is 0 Å². The molecular weight excluding hydrogens is 273 g/mol. The lowest BCUT2D eigenvalue weighted by Crippen LogP contribution is -2.24. The number of aliphatic hydroxyl groups is 1. The van der Waals surface area contributed by atoms with Crippen LogP contribution in [0.4, 0.5) is 4.39 Å². The molecular formula is C16H24FNO3. The van der Waals surface area contributed by atoms with Crippen molar-refractivity contribution in [3.8, 4) is 5.75 Å². The van der Waals surface area contributed by atoms with E-state index in [9.17, 15) is 9.50 Å². The second-order valence-electron chi connectivity index (χ2n) is 5.57. The van der Waals surface area contributed by atoms with Gasteiger partial charge in [-0.1, -0.05) is 6.07 Å². The molecule has 1 fully saturated rings. The van der Waals surface area contributed by atoms with E-state index in [1.165, 1.54) is 13.2 Å². The second kappa shape index (κ2) is 7.73. The summed E-state index contributed by atoms with van der Waals surface area (Å²) in [6.45, 7) is 3.52. The van der Waals surface area contributed by atoms with Gasteiger partial charge < -0.3 is 19.5 Å². The van der Waals surface area contributed by atoms with Crippen molar-refractivity contribution in [3.05, 3.63) is 29.6 Å². The lowest BCUT2D eigenvalue weighted by atomic mass is 10.0. The molecule has 2 unspecified atom stereocenters. The Hall–Kier alpha value is -1.17. The normalized spacial score (nSPS) is 20.7. The smallest absolute Gasteiger partial charge is 0.132 e. The quantitative estimate of drug-likeness (QED) is 0.838. The van der Waals surface area contributed by atoms with Crippen LogP contribution in [0.15, 0.2) is 18.2 Å². The molecule has 21 heavy (non-hydrogen) atoms. The van der Waals surface area contributed by atoms with Crippen LogP contribution < -0.4 is 4.74 Å². The summed E-state index contributed by atoms with van der Waals surface area (Å²) in [4.78, 5) is 2.29. The summed E-state index contributed by atoms with van der Waals surface area (Å²) < 4.78 is 24.2. The van der Waals surface area contributed by atoms with Crippen LogP contribution in [0.25, 0.3) is 0 Å². The average Bonchev–Trinajstić information content (AvgIpc) is 2.92. The molecule has 0 aliphatic carbocycles. The van der Waals surface area contributed by atoms with Crippen molar-refractivity contribution < 1.29 is 19.0 Å². The summed E-state index contributed by atoms with van der Waals surface area (Å²) in [6.07, 6.45) is 0.770. The number of methoxy groups -OCH3 is 2. The van der Waals surface area contributed by atoms with Crippen LogP contribution >= 0.6 is 0 Å². The summed E-state index contributed by atoms with van der Waals surface area (Å²) in [5, 5.41) is 10.3. The first kappa shape index (κ1) is 16.2. The molecule has 0 bridgehead atoms. The SMILES string of the molecule is COCC1CCN(CCC(O)c2c(F)cccc2OC)C1. The fourth-order valence-electron chi connectivity index (χ4n) is 2.96. The van der Waals surface area contributed by atoms with Crippen molar-refractivity contribution in [3.63, 3.8) is 0 Å². The van der Waals surface area contributed by atoms with Gasteiger partial charge in [-0.05, 0) is 37.4 Å². The number of rotatable bonds is 7. The third kappa shape index (κ3) is 4.15. The van der Waals surface area contributed by atoms with Crippen molar-refractivity contribution in [2.45, 2.75) is 18.9 Å². The first-order chi connectivity index (χ1) is 10.2. The summed E-state index contributed by atoms with van der Waals surface area (Å²) in [7, 11) is 3.21. The zero-order valence-corrected chi connectivity index (χ0v) is 12.7. The molecule has 1 heterocycles. The van der Waals surface area contributed by atoms with Crippen molar-refractivity contribution in [1.29, 1.82) is 0 Å². The van der Waals surface area contributed by atoms with E-state index >= 15 is 0 Å². The van der Waals surface area contributed by atoms with Gasteiger partial charge in [-0.25, -0.2) is 4.39 Å². The Balaban J connectivity index is 1.89. The lowest BCUT2D eigenvalue weighted by Gasteiger charge is -2.20. The van der Waals surface area contributed by atoms with Gasteiger partial charge in [0.2, 0.25) is 0 Å². The van der Waals surface area contributed by atoms with Crippen LogP contribution in [0.2, 0.25) is 0 Å². The minimum atomic E-state index is -0.845. The molecule has 0 saturated carbocycles. The molecule has 0 spiro atoms. The second-order valence-corrected chi connectivity index (χ2v) is 5.57. The molecule has 0 aromatic heterocycles. The van der Waals surface area contributed by atoms with E-state index in [1.54, 1.807) is 19.2 Å². The van der Waals surface area contributed by atoms with E-state index in [1.807, 2.05) is 0 Å². The van der Waals surface area contributed by atoms with E-state index in [-0.39, 0.29) is 5.56 Å². The molecule has 2 atom stereocenters. The third-order valence-electron chi connectivity index (χ3n) is 4.06. The summed E-state index contributed by atoms with van der Waals surface area (Å²) in [5.74, 6) is 0.553. The van der Waals surface area contributed by atoms with Crippen LogP contribution in [0.5, 0.6) is 5.75 Å². The van der Waals surface area contributed by atoms with E-state index in [4.69, 9.17) is 9.47 Å². The van der Waals surface area contributed by atoms with Crippen LogP contribution in [0, 0.1) is 11.7 Å². The highest BCUT2D eigenvalue weighted by Gasteiger charge is 2.24. The molecule has 1 N–H and O–H groups in total. The Morgan fingerprint density at radius 3 is 2.95 bits per heavy atom. The molecule has 1 aliphatic rings. The highest BCUT2D eigenvalue weighted by molar-refractivity contribution is 5.36. The monoisotopic (exact) mass is 297 g/mol. The van der Waals surface area contributed by atoms with Gasteiger partial charge >= 0.3 is 0 Å². The zero-order chi connectivity index (χ0) is 15.2. The minimum Gasteiger partial charge on any atom is -0.496 e. The summed E-state index contributed by atoms with van der Waals surface area (Å²) in [6, 6.07) is 4.61. The number of nitrogens with zero attached hydrogens (tertiary/aromatic N) is 1. The molecule has 0 amide bonds. The van der Waals surface area contributed by atoms with Crippen LogP contribution in [0.1, 0.15) is 24.5 Å². The number of ether oxygens (including phenoxy) is 2. The maximum absolute atomic E-state index is 13.9. The van der Waals surface area contributed by atoms with Crippen LogP contribution in [-0.2, 0) is 4.74 Å². The Labute approximate surface area is 125 Å². The van der Waals surface area contributed by atoms with E-state index in [2.05, 4.69) is 4.90 Å². The fraction of sp³-hybridized carbons (Fsp3) is 0.625. The maximum atomic E-state index is 13.9. The number of halogens is 1. The first-order valence-corrected chi connectivity index (χ1v) is 7.37. The molecule has 5 heteroatoms. The van der Waals surface area contributed by atoms with Crippen molar-refractivity contribution in [1.82, 2.24) is 4.90 Å². The molecule has 2 rings (SSSR count). The molecule has 1 saturated heterocycles. The largest absolute Gasteiger partial charge is 0.496 e. The minimum absolute atomic E-state index is 0.257. The molecule has 1 aliphatic heterocycles. The van der Waals surface area contributed by atoms with Crippen molar-refractivity contribution in [2.75, 3.05) is 40.5 Å². The molecule has 1 aromatic rings. The molecule has 4 nitrogen and oxygen atoms in total. The Kier molecular flexibility index (Phi) is 5.96. The topological polar surface area (TPSA) is 41.9 Å². The van der Waals surface area contributed by atoms with Gasteiger partial charge in [-0.2, -0.15) is 0 Å². The van der Waals surface area contributed by atoms with E-state index in [0.717, 1.165) is 32.7 Å². The first-order valence-electron chi connectivity index (χ1n) is 7.37. The molecule has 1 aromatic carbocycles. The van der Waals surface area contributed by atoms with E-state index in [0.29, 0.717) is 18.1 Å². The van der Waals surface area contributed by atoms with Gasteiger partial charge in [-0.15, -0.1) is 0 Å². The standard InChI is InChI=1S/C16H24FNO3/c1-20-11-12-6-8-18(10-12)9-7-14(19)16-13(17)4-3-5-15(16)21-2/h3-5,12,14,19H,6-11H2,1-2H3. The Morgan fingerprint density at radius 2 is 2.24 bits per heavy atom. The highest BCUT2D eigenvalue weighted by atomic mass is 19.1. The zero-order valence-electron chi connectivity index (χ0n) is 12.7. The van der Waals surface area contributed by atoms with Gasteiger partial charge in [0.1, 0.15) is 11.6 Å². The third-order valence-corrected chi connectivity index (χ3v) is 4.06. The van der Waals surface area contributed by atoms with Crippen LogP contribution in [-0.4, -0.2) is 50.5 Å². The molecule has 0 radical (unpaired) electrons. The average molecular weight is 297 g/mol. The van der Waals surface area contributed by atoms with E-state index < -0.39 is 11.9 Å². The van der Waals surface area contributed by atoms with Crippen molar-refractivity contribution >= 4 is 0 Å². The van der Waals surface area contributed by atoms with Gasteiger partial charge in [0.25, 0.3) is 0 Å². The highest BCUT2D eigenvalue weighted by Crippen LogP contribution is 2.30.